The second kappa shape index (κ2) is 9.29. The lowest BCUT2D eigenvalue weighted by atomic mass is 10.1. The number of aromatic nitrogens is 1. The first-order chi connectivity index (χ1) is 15.9. The third-order valence-corrected chi connectivity index (χ3v) is 6.59. The van der Waals surface area contributed by atoms with Crippen LogP contribution in [0.3, 0.4) is 0 Å². The maximum absolute atomic E-state index is 12.9. The van der Waals surface area contributed by atoms with Gasteiger partial charge in [-0.3, -0.25) is 14.5 Å². The highest BCUT2D eigenvalue weighted by molar-refractivity contribution is 7.93. The Hall–Kier alpha value is -3.92. The van der Waals surface area contributed by atoms with Gasteiger partial charge in [-0.25, -0.2) is 13.2 Å². The van der Waals surface area contributed by atoms with Gasteiger partial charge < -0.3 is 15.5 Å². The van der Waals surface area contributed by atoms with Crippen LogP contribution in [0, 0.1) is 0 Å². The highest BCUT2D eigenvalue weighted by Gasteiger charge is 2.32. The lowest BCUT2D eigenvalue weighted by Gasteiger charge is -2.39. The number of para-hydroxylation sites is 1. The van der Waals surface area contributed by atoms with Gasteiger partial charge in [-0.05, 0) is 36.4 Å². The first kappa shape index (κ1) is 22.3. The Balaban J connectivity index is 1.38. The van der Waals surface area contributed by atoms with Gasteiger partial charge in [-0.2, -0.15) is 0 Å². The number of pyridine rings is 1. The topological polar surface area (TPSA) is 120 Å². The number of nitrogens with zero attached hydrogens (tertiary/aromatic N) is 2. The minimum Gasteiger partial charge on any atom is -0.335 e. The standard InChI is InChI=1S/C23H23N5O4S/c1-2-12-25-23(30)26-19-14-28(15-19)22(29)17-8-10-18(11-9-17)27-33(31,32)20-7-3-5-16-6-4-13-24-21(16)20/h2-11,13,19,27H,1,12,14-15H2,(H2,25,26,30). The number of hydrogen-bond donors (Lipinski definition) is 3. The summed E-state index contributed by atoms with van der Waals surface area (Å²) >= 11 is 0. The number of likely N-dealkylation sites (tertiary alicyclic amines) is 1. The molecule has 0 saturated carbocycles. The average Bonchev–Trinajstić information content (AvgIpc) is 2.79. The van der Waals surface area contributed by atoms with Crippen LogP contribution in [-0.2, 0) is 10.0 Å². The van der Waals surface area contributed by atoms with Crippen molar-refractivity contribution in [2.24, 2.45) is 0 Å². The largest absolute Gasteiger partial charge is 0.335 e. The fourth-order valence-electron chi connectivity index (χ4n) is 3.50. The van der Waals surface area contributed by atoms with Crippen molar-refractivity contribution in [3.8, 4) is 0 Å². The predicted octanol–water partition coefficient (Wildman–Crippen LogP) is 2.35. The van der Waals surface area contributed by atoms with Gasteiger partial charge in [-0.1, -0.05) is 24.3 Å². The molecule has 1 aliphatic heterocycles. The number of rotatable bonds is 7. The summed E-state index contributed by atoms with van der Waals surface area (Å²) in [5.41, 5.74) is 1.15. The molecule has 33 heavy (non-hydrogen) atoms. The Morgan fingerprint density at radius 1 is 1.09 bits per heavy atom. The fourth-order valence-corrected chi connectivity index (χ4v) is 4.74. The van der Waals surface area contributed by atoms with E-state index in [2.05, 4.69) is 26.9 Å². The molecule has 1 saturated heterocycles. The smallest absolute Gasteiger partial charge is 0.315 e. The Bertz CT molecular complexity index is 1300. The van der Waals surface area contributed by atoms with Crippen LogP contribution in [0.5, 0.6) is 0 Å². The minimum absolute atomic E-state index is 0.0806. The molecule has 0 radical (unpaired) electrons. The van der Waals surface area contributed by atoms with Crippen LogP contribution in [0.2, 0.25) is 0 Å². The highest BCUT2D eigenvalue weighted by atomic mass is 32.2. The second-order valence-electron chi connectivity index (χ2n) is 7.56. The van der Waals surface area contributed by atoms with E-state index in [0.29, 0.717) is 36.4 Å². The van der Waals surface area contributed by atoms with Crippen LogP contribution in [0.4, 0.5) is 10.5 Å². The van der Waals surface area contributed by atoms with Gasteiger partial charge in [0.05, 0.1) is 11.6 Å². The summed E-state index contributed by atoms with van der Waals surface area (Å²) in [6, 6.07) is 14.3. The van der Waals surface area contributed by atoms with Gasteiger partial charge in [0.2, 0.25) is 0 Å². The number of benzene rings is 2. The second-order valence-corrected chi connectivity index (χ2v) is 9.22. The summed E-state index contributed by atoms with van der Waals surface area (Å²) < 4.78 is 28.4. The van der Waals surface area contributed by atoms with Gasteiger partial charge in [0.15, 0.2) is 0 Å². The number of sulfonamides is 1. The maximum Gasteiger partial charge on any atom is 0.315 e. The Labute approximate surface area is 191 Å². The Morgan fingerprint density at radius 2 is 1.82 bits per heavy atom. The first-order valence-electron chi connectivity index (χ1n) is 10.3. The highest BCUT2D eigenvalue weighted by Crippen LogP contribution is 2.24. The van der Waals surface area contributed by atoms with E-state index in [0.717, 1.165) is 5.39 Å². The molecule has 2 heterocycles. The summed E-state index contributed by atoms with van der Waals surface area (Å²) in [5.74, 6) is -0.188. The monoisotopic (exact) mass is 465 g/mol. The molecule has 3 amide bonds. The molecule has 0 bridgehead atoms. The number of carbonyl (C=O) groups is 2. The maximum atomic E-state index is 12.9. The summed E-state index contributed by atoms with van der Waals surface area (Å²) in [6.07, 6.45) is 3.13. The molecule has 170 valence electrons. The number of carbonyl (C=O) groups excluding carboxylic acids is 2. The SMILES string of the molecule is C=CCNC(=O)NC1CN(C(=O)c2ccc(NS(=O)(=O)c3cccc4cccnc34)cc2)C1. The zero-order valence-electron chi connectivity index (χ0n) is 17.7. The van der Waals surface area contributed by atoms with Crippen molar-refractivity contribution in [3.63, 3.8) is 0 Å². The number of amides is 3. The summed E-state index contributed by atoms with van der Waals surface area (Å²) in [6.45, 7) is 4.71. The van der Waals surface area contributed by atoms with E-state index >= 15 is 0 Å². The molecule has 0 unspecified atom stereocenters. The van der Waals surface area contributed by atoms with Crippen LogP contribution >= 0.6 is 0 Å². The van der Waals surface area contributed by atoms with Crippen molar-refractivity contribution >= 4 is 38.6 Å². The number of fused-ring (bicyclic) bond motifs is 1. The Morgan fingerprint density at radius 3 is 2.55 bits per heavy atom. The first-order valence-corrected chi connectivity index (χ1v) is 11.8. The van der Waals surface area contributed by atoms with Crippen molar-refractivity contribution < 1.29 is 18.0 Å². The molecule has 2 aromatic carbocycles. The summed E-state index contributed by atoms with van der Waals surface area (Å²) in [4.78, 5) is 30.2. The van der Waals surface area contributed by atoms with Gasteiger partial charge in [0.1, 0.15) is 4.90 Å². The van der Waals surface area contributed by atoms with Crippen LogP contribution in [0.1, 0.15) is 10.4 Å². The molecule has 0 atom stereocenters. The normalized spacial score (nSPS) is 13.8. The molecule has 1 fully saturated rings. The van der Waals surface area contributed by atoms with Gasteiger partial charge >= 0.3 is 6.03 Å². The molecule has 0 aliphatic carbocycles. The van der Waals surface area contributed by atoms with Crippen molar-refractivity contribution in [1.82, 2.24) is 20.5 Å². The van der Waals surface area contributed by atoms with E-state index in [1.165, 1.54) is 6.07 Å². The summed E-state index contributed by atoms with van der Waals surface area (Å²) in [7, 11) is -3.87. The number of nitrogens with one attached hydrogen (secondary N) is 3. The minimum atomic E-state index is -3.87. The van der Waals surface area contributed by atoms with Crippen LogP contribution < -0.4 is 15.4 Å². The van der Waals surface area contributed by atoms with Crippen molar-refractivity contribution in [2.75, 3.05) is 24.4 Å². The molecule has 3 N–H and O–H groups in total. The van der Waals surface area contributed by atoms with E-state index < -0.39 is 10.0 Å². The van der Waals surface area contributed by atoms with Gasteiger partial charge in [0, 0.05) is 42.5 Å². The molecular weight excluding hydrogens is 442 g/mol. The van der Waals surface area contributed by atoms with Gasteiger partial charge in [0.25, 0.3) is 15.9 Å². The van der Waals surface area contributed by atoms with E-state index in [4.69, 9.17) is 0 Å². The van der Waals surface area contributed by atoms with Crippen molar-refractivity contribution in [1.29, 1.82) is 0 Å². The van der Waals surface area contributed by atoms with E-state index in [1.54, 1.807) is 65.7 Å². The fraction of sp³-hybridized carbons (Fsp3) is 0.174. The van der Waals surface area contributed by atoms with Crippen LogP contribution in [0.25, 0.3) is 10.9 Å². The molecular formula is C23H23N5O4S. The number of urea groups is 1. The predicted molar refractivity (Wildman–Crippen MR) is 125 cm³/mol. The number of anilines is 1. The van der Waals surface area contributed by atoms with E-state index in [9.17, 15) is 18.0 Å². The lowest BCUT2D eigenvalue weighted by molar-refractivity contribution is 0.0577. The van der Waals surface area contributed by atoms with Crippen molar-refractivity contribution in [2.45, 2.75) is 10.9 Å². The molecule has 0 spiro atoms. The Kier molecular flexibility index (Phi) is 6.27. The van der Waals surface area contributed by atoms with E-state index in [1.807, 2.05) is 0 Å². The quantitative estimate of drug-likeness (QED) is 0.463. The molecule has 10 heteroatoms. The molecule has 1 aliphatic rings. The zero-order valence-corrected chi connectivity index (χ0v) is 18.5. The lowest BCUT2D eigenvalue weighted by Crippen LogP contribution is -2.62. The van der Waals surface area contributed by atoms with E-state index in [-0.39, 0.29) is 22.9 Å². The van der Waals surface area contributed by atoms with Crippen molar-refractivity contribution in [3.05, 3.63) is 79.0 Å². The molecule has 9 nitrogen and oxygen atoms in total. The zero-order chi connectivity index (χ0) is 23.4. The van der Waals surface area contributed by atoms with Gasteiger partial charge in [-0.15, -0.1) is 6.58 Å². The van der Waals surface area contributed by atoms with Crippen LogP contribution in [0.15, 0.2) is 78.3 Å². The number of hydrogen-bond acceptors (Lipinski definition) is 5. The average molecular weight is 466 g/mol. The molecule has 1 aromatic heterocycles. The third-order valence-electron chi connectivity index (χ3n) is 5.18. The van der Waals surface area contributed by atoms with Crippen LogP contribution in [-0.4, -0.2) is 55.9 Å². The molecule has 3 aromatic rings. The third kappa shape index (κ3) is 4.96. The molecule has 4 rings (SSSR count). The summed E-state index contributed by atoms with van der Waals surface area (Å²) in [5, 5.41) is 6.12.